The van der Waals surface area contributed by atoms with Crippen molar-refractivity contribution in [2.24, 2.45) is 17.6 Å². The summed E-state index contributed by atoms with van der Waals surface area (Å²) in [6.45, 7) is 2.32. The fraction of sp³-hybridized carbons (Fsp3) is 0.611. The summed E-state index contributed by atoms with van der Waals surface area (Å²) < 4.78 is 13.7. The van der Waals surface area contributed by atoms with Crippen LogP contribution in [0.3, 0.4) is 0 Å². The Hall–Kier alpha value is -1.42. The maximum absolute atomic E-state index is 13.7. The second-order valence-corrected chi connectivity index (χ2v) is 6.45. The molecule has 1 aliphatic rings. The minimum Gasteiger partial charge on any atom is -0.352 e. The molecular formula is C18H27FN2O. The number of benzene rings is 1. The maximum Gasteiger partial charge on any atom is 0.223 e. The first-order chi connectivity index (χ1) is 10.6. The van der Waals surface area contributed by atoms with E-state index < -0.39 is 0 Å². The van der Waals surface area contributed by atoms with Crippen LogP contribution in [0.2, 0.25) is 0 Å². The Morgan fingerprint density at radius 2 is 2.00 bits per heavy atom. The van der Waals surface area contributed by atoms with Gasteiger partial charge in [-0.2, -0.15) is 0 Å². The number of hydrogen-bond acceptors (Lipinski definition) is 2. The zero-order valence-electron chi connectivity index (χ0n) is 13.4. The van der Waals surface area contributed by atoms with Crippen LogP contribution in [0, 0.1) is 17.7 Å². The van der Waals surface area contributed by atoms with Crippen molar-refractivity contribution in [2.45, 2.75) is 51.5 Å². The summed E-state index contributed by atoms with van der Waals surface area (Å²) in [6.07, 6.45) is 6.43. The van der Waals surface area contributed by atoms with E-state index in [9.17, 15) is 9.18 Å². The van der Waals surface area contributed by atoms with Crippen LogP contribution in [-0.2, 0) is 11.2 Å². The molecule has 2 rings (SSSR count). The first kappa shape index (κ1) is 16.9. The van der Waals surface area contributed by atoms with Gasteiger partial charge in [0, 0.05) is 18.5 Å². The van der Waals surface area contributed by atoms with E-state index in [2.05, 4.69) is 5.32 Å². The van der Waals surface area contributed by atoms with E-state index in [1.54, 1.807) is 18.2 Å². The predicted octanol–water partition coefficient (Wildman–Crippen LogP) is 3.03. The molecule has 1 aromatic carbocycles. The SMILES string of the molecule is CC(Cc1ccccc1F)C(=O)NC(CN)C1CCCCC1. The van der Waals surface area contributed by atoms with Gasteiger partial charge in [-0.3, -0.25) is 4.79 Å². The second kappa shape index (κ2) is 8.28. The Bertz CT molecular complexity index is 486. The Morgan fingerprint density at radius 3 is 2.64 bits per heavy atom. The van der Waals surface area contributed by atoms with Gasteiger partial charge in [0.15, 0.2) is 0 Å². The Morgan fingerprint density at radius 1 is 1.32 bits per heavy atom. The fourth-order valence-electron chi connectivity index (χ4n) is 3.32. The Labute approximate surface area is 132 Å². The minimum atomic E-state index is -0.255. The highest BCUT2D eigenvalue weighted by atomic mass is 19.1. The van der Waals surface area contributed by atoms with E-state index in [4.69, 9.17) is 5.73 Å². The van der Waals surface area contributed by atoms with Gasteiger partial charge in [-0.15, -0.1) is 0 Å². The zero-order chi connectivity index (χ0) is 15.9. The van der Waals surface area contributed by atoms with Crippen molar-refractivity contribution in [3.63, 3.8) is 0 Å². The maximum atomic E-state index is 13.7. The van der Waals surface area contributed by atoms with Gasteiger partial charge >= 0.3 is 0 Å². The number of rotatable bonds is 6. The summed E-state index contributed by atoms with van der Waals surface area (Å²) in [7, 11) is 0. The van der Waals surface area contributed by atoms with Gasteiger partial charge in [-0.1, -0.05) is 44.4 Å². The normalized spacial score (nSPS) is 18.7. The monoisotopic (exact) mass is 306 g/mol. The highest BCUT2D eigenvalue weighted by molar-refractivity contribution is 5.79. The third-order valence-corrected chi connectivity index (χ3v) is 4.73. The highest BCUT2D eigenvalue weighted by Gasteiger charge is 2.25. The van der Waals surface area contributed by atoms with Gasteiger partial charge < -0.3 is 11.1 Å². The van der Waals surface area contributed by atoms with E-state index in [1.807, 2.05) is 6.92 Å². The van der Waals surface area contributed by atoms with Gasteiger partial charge in [0.05, 0.1) is 0 Å². The van der Waals surface area contributed by atoms with Gasteiger partial charge in [0.25, 0.3) is 0 Å². The van der Waals surface area contributed by atoms with E-state index in [-0.39, 0.29) is 23.7 Å². The minimum absolute atomic E-state index is 0.0238. The molecule has 2 unspecified atom stereocenters. The van der Waals surface area contributed by atoms with Crippen LogP contribution in [0.25, 0.3) is 0 Å². The van der Waals surface area contributed by atoms with Crippen LogP contribution in [0.1, 0.15) is 44.6 Å². The molecule has 122 valence electrons. The van der Waals surface area contributed by atoms with Crippen LogP contribution in [0.5, 0.6) is 0 Å². The van der Waals surface area contributed by atoms with Crippen molar-refractivity contribution < 1.29 is 9.18 Å². The Balaban J connectivity index is 1.90. The molecule has 0 radical (unpaired) electrons. The van der Waals surface area contributed by atoms with Crippen LogP contribution >= 0.6 is 0 Å². The third-order valence-electron chi connectivity index (χ3n) is 4.73. The van der Waals surface area contributed by atoms with Crippen LogP contribution in [0.4, 0.5) is 4.39 Å². The number of nitrogens with two attached hydrogens (primary N) is 1. The molecule has 0 heterocycles. The molecule has 0 bridgehead atoms. The molecule has 1 saturated carbocycles. The largest absolute Gasteiger partial charge is 0.352 e. The topological polar surface area (TPSA) is 55.1 Å². The summed E-state index contributed by atoms with van der Waals surface area (Å²) in [6, 6.07) is 6.69. The smallest absolute Gasteiger partial charge is 0.223 e. The second-order valence-electron chi connectivity index (χ2n) is 6.45. The fourth-order valence-corrected chi connectivity index (χ4v) is 3.32. The Kier molecular flexibility index (Phi) is 6.37. The van der Waals surface area contributed by atoms with Crippen LogP contribution < -0.4 is 11.1 Å². The van der Waals surface area contributed by atoms with Crippen molar-refractivity contribution in [3.05, 3.63) is 35.6 Å². The van der Waals surface area contributed by atoms with E-state index in [0.29, 0.717) is 24.4 Å². The van der Waals surface area contributed by atoms with Crippen molar-refractivity contribution >= 4 is 5.91 Å². The molecule has 3 nitrogen and oxygen atoms in total. The third kappa shape index (κ3) is 4.54. The molecule has 1 aliphatic carbocycles. The van der Waals surface area contributed by atoms with Crippen molar-refractivity contribution in [1.29, 1.82) is 0 Å². The molecule has 3 N–H and O–H groups in total. The predicted molar refractivity (Wildman–Crippen MR) is 86.8 cm³/mol. The molecule has 1 amide bonds. The van der Waals surface area contributed by atoms with Gasteiger partial charge in [-0.25, -0.2) is 4.39 Å². The summed E-state index contributed by atoms with van der Waals surface area (Å²) >= 11 is 0. The van der Waals surface area contributed by atoms with Crippen LogP contribution in [0.15, 0.2) is 24.3 Å². The van der Waals surface area contributed by atoms with E-state index >= 15 is 0 Å². The summed E-state index contributed by atoms with van der Waals surface area (Å²) in [5, 5.41) is 3.09. The molecular weight excluding hydrogens is 279 g/mol. The molecule has 4 heteroatoms. The first-order valence-electron chi connectivity index (χ1n) is 8.35. The number of carbonyl (C=O) groups excluding carboxylic acids is 1. The van der Waals surface area contributed by atoms with Gasteiger partial charge in [0.2, 0.25) is 5.91 Å². The molecule has 0 aliphatic heterocycles. The standard InChI is InChI=1S/C18H27FN2O/c1-13(11-15-9-5-6-10-16(15)19)18(22)21-17(12-20)14-7-3-2-4-8-14/h5-6,9-10,13-14,17H,2-4,7-8,11-12,20H2,1H3,(H,21,22). The number of hydrogen-bond donors (Lipinski definition) is 2. The van der Waals surface area contributed by atoms with Crippen molar-refractivity contribution in [3.8, 4) is 0 Å². The van der Waals surface area contributed by atoms with Crippen molar-refractivity contribution in [1.82, 2.24) is 5.32 Å². The average Bonchev–Trinajstić information content (AvgIpc) is 2.55. The number of nitrogens with one attached hydrogen (secondary N) is 1. The number of halogens is 1. The summed E-state index contributed by atoms with van der Waals surface area (Å²) in [5.74, 6) is -0.0352. The molecule has 0 spiro atoms. The lowest BCUT2D eigenvalue weighted by molar-refractivity contribution is -0.125. The first-order valence-corrected chi connectivity index (χ1v) is 8.35. The summed E-state index contributed by atoms with van der Waals surface area (Å²) in [5.41, 5.74) is 6.44. The molecule has 22 heavy (non-hydrogen) atoms. The van der Waals surface area contributed by atoms with Crippen LogP contribution in [-0.4, -0.2) is 18.5 Å². The molecule has 2 atom stereocenters. The molecule has 0 saturated heterocycles. The number of amides is 1. The quantitative estimate of drug-likeness (QED) is 0.849. The summed E-state index contributed by atoms with van der Waals surface area (Å²) in [4.78, 5) is 12.4. The van der Waals surface area contributed by atoms with E-state index in [1.165, 1.54) is 25.3 Å². The molecule has 1 aromatic rings. The molecule has 1 fully saturated rings. The van der Waals surface area contributed by atoms with Gasteiger partial charge in [0.1, 0.15) is 5.82 Å². The molecule has 0 aromatic heterocycles. The lowest BCUT2D eigenvalue weighted by Gasteiger charge is -2.31. The lowest BCUT2D eigenvalue weighted by atomic mass is 9.83. The van der Waals surface area contributed by atoms with E-state index in [0.717, 1.165) is 12.8 Å². The average molecular weight is 306 g/mol. The lowest BCUT2D eigenvalue weighted by Crippen LogP contribution is -2.47. The zero-order valence-corrected chi connectivity index (χ0v) is 13.4. The van der Waals surface area contributed by atoms with Gasteiger partial charge in [-0.05, 0) is 36.8 Å². The highest BCUT2D eigenvalue weighted by Crippen LogP contribution is 2.26. The number of carbonyl (C=O) groups is 1. The van der Waals surface area contributed by atoms with Crippen molar-refractivity contribution in [2.75, 3.05) is 6.54 Å².